The van der Waals surface area contributed by atoms with Crippen molar-refractivity contribution in [2.45, 2.75) is 64.1 Å². The minimum Gasteiger partial charge on any atom is -0.378 e. The molecule has 82 valence electrons. The predicted octanol–water partition coefficient (Wildman–Crippen LogP) is 2.33. The Bertz CT molecular complexity index is 177. The molecular weight excluding hydrogens is 174 g/mol. The summed E-state index contributed by atoms with van der Waals surface area (Å²) in [5.41, 5.74) is 0. The molecular formula is C12H23NO. The first-order valence-corrected chi connectivity index (χ1v) is 6.15. The van der Waals surface area contributed by atoms with Crippen molar-refractivity contribution in [1.29, 1.82) is 0 Å². The van der Waals surface area contributed by atoms with Crippen molar-refractivity contribution in [1.82, 2.24) is 5.32 Å². The average molecular weight is 197 g/mol. The molecule has 2 rings (SSSR count). The molecule has 0 radical (unpaired) electrons. The Labute approximate surface area is 87.4 Å². The maximum Gasteiger partial charge on any atom is 0.0604 e. The molecule has 0 heterocycles. The summed E-state index contributed by atoms with van der Waals surface area (Å²) in [6.45, 7) is 5.32. The summed E-state index contributed by atoms with van der Waals surface area (Å²) in [6.07, 6.45) is 7.21. The third kappa shape index (κ3) is 2.48. The van der Waals surface area contributed by atoms with Crippen LogP contribution >= 0.6 is 0 Å². The highest BCUT2D eigenvalue weighted by Crippen LogP contribution is 2.29. The lowest BCUT2D eigenvalue weighted by molar-refractivity contribution is -0.0122. The molecule has 2 aliphatic rings. The summed E-state index contributed by atoms with van der Waals surface area (Å²) in [4.78, 5) is 0. The molecule has 2 nitrogen and oxygen atoms in total. The molecule has 0 saturated heterocycles. The van der Waals surface area contributed by atoms with Gasteiger partial charge in [-0.05, 0) is 44.9 Å². The predicted molar refractivity (Wildman–Crippen MR) is 58.4 cm³/mol. The van der Waals surface area contributed by atoms with Crippen molar-refractivity contribution in [2.24, 2.45) is 5.92 Å². The van der Waals surface area contributed by atoms with Gasteiger partial charge in [0.1, 0.15) is 0 Å². The molecule has 0 amide bonds. The van der Waals surface area contributed by atoms with Crippen LogP contribution in [0.25, 0.3) is 0 Å². The van der Waals surface area contributed by atoms with Crippen LogP contribution in [-0.4, -0.2) is 24.8 Å². The zero-order valence-electron chi connectivity index (χ0n) is 9.46. The first-order chi connectivity index (χ1) is 6.78. The Morgan fingerprint density at radius 2 is 1.93 bits per heavy atom. The number of hydrogen-bond acceptors (Lipinski definition) is 2. The van der Waals surface area contributed by atoms with E-state index in [1.165, 1.54) is 32.1 Å². The Kier molecular flexibility index (Phi) is 3.45. The summed E-state index contributed by atoms with van der Waals surface area (Å²) in [5.74, 6) is 0.940. The molecule has 2 atom stereocenters. The molecule has 2 saturated carbocycles. The Morgan fingerprint density at radius 1 is 1.14 bits per heavy atom. The molecule has 1 N–H and O–H groups in total. The van der Waals surface area contributed by atoms with Crippen molar-refractivity contribution in [3.05, 3.63) is 0 Å². The van der Waals surface area contributed by atoms with Gasteiger partial charge in [0.15, 0.2) is 0 Å². The van der Waals surface area contributed by atoms with E-state index in [2.05, 4.69) is 19.2 Å². The summed E-state index contributed by atoms with van der Waals surface area (Å²) in [5, 5.41) is 3.75. The lowest BCUT2D eigenvalue weighted by Crippen LogP contribution is -2.48. The lowest BCUT2D eigenvalue weighted by atomic mass is 9.88. The summed E-state index contributed by atoms with van der Waals surface area (Å²) in [6, 6.07) is 1.56. The van der Waals surface area contributed by atoms with Crippen LogP contribution in [0.3, 0.4) is 0 Å². The van der Waals surface area contributed by atoms with Crippen molar-refractivity contribution >= 4 is 0 Å². The zero-order chi connectivity index (χ0) is 9.97. The van der Waals surface area contributed by atoms with E-state index in [1.54, 1.807) is 0 Å². The van der Waals surface area contributed by atoms with Crippen LogP contribution in [-0.2, 0) is 4.74 Å². The smallest absolute Gasteiger partial charge is 0.0604 e. The standard InChI is InChI=1S/C12H23NO/c1-3-14-12-7-11(8-12)13-10-5-4-9(2)6-10/h9-13H,3-8H2,1-2H3. The van der Waals surface area contributed by atoms with E-state index in [4.69, 9.17) is 4.74 Å². The van der Waals surface area contributed by atoms with Crippen LogP contribution in [0.5, 0.6) is 0 Å². The van der Waals surface area contributed by atoms with Crippen molar-refractivity contribution in [2.75, 3.05) is 6.61 Å². The molecule has 0 aliphatic heterocycles. The normalized spacial score (nSPS) is 42.4. The summed E-state index contributed by atoms with van der Waals surface area (Å²) in [7, 11) is 0. The van der Waals surface area contributed by atoms with Gasteiger partial charge in [-0.3, -0.25) is 0 Å². The molecule has 2 fully saturated rings. The molecule has 0 spiro atoms. The van der Waals surface area contributed by atoms with Gasteiger partial charge < -0.3 is 10.1 Å². The largest absolute Gasteiger partial charge is 0.378 e. The monoisotopic (exact) mass is 197 g/mol. The van der Waals surface area contributed by atoms with Gasteiger partial charge in [0.2, 0.25) is 0 Å². The van der Waals surface area contributed by atoms with E-state index in [1.807, 2.05) is 0 Å². The SMILES string of the molecule is CCOC1CC(NC2CCC(C)C2)C1. The summed E-state index contributed by atoms with van der Waals surface area (Å²) >= 11 is 0. The van der Waals surface area contributed by atoms with Crippen LogP contribution < -0.4 is 5.32 Å². The van der Waals surface area contributed by atoms with E-state index in [0.29, 0.717) is 6.10 Å². The van der Waals surface area contributed by atoms with Gasteiger partial charge in [-0.15, -0.1) is 0 Å². The van der Waals surface area contributed by atoms with Crippen LogP contribution in [0.4, 0.5) is 0 Å². The molecule has 0 aromatic carbocycles. The first kappa shape index (κ1) is 10.4. The van der Waals surface area contributed by atoms with Crippen LogP contribution in [0.2, 0.25) is 0 Å². The highest BCUT2D eigenvalue weighted by Gasteiger charge is 2.32. The number of nitrogens with one attached hydrogen (secondary N) is 1. The van der Waals surface area contributed by atoms with Crippen LogP contribution in [0, 0.1) is 5.92 Å². The number of hydrogen-bond donors (Lipinski definition) is 1. The van der Waals surface area contributed by atoms with Gasteiger partial charge in [-0.25, -0.2) is 0 Å². The Balaban J connectivity index is 1.60. The third-order valence-electron chi connectivity index (χ3n) is 3.66. The second-order valence-electron chi connectivity index (χ2n) is 5.03. The van der Waals surface area contributed by atoms with Crippen molar-refractivity contribution in [3.63, 3.8) is 0 Å². The Hall–Kier alpha value is -0.0800. The second kappa shape index (κ2) is 4.63. The van der Waals surface area contributed by atoms with Crippen LogP contribution in [0.15, 0.2) is 0 Å². The third-order valence-corrected chi connectivity index (χ3v) is 3.66. The molecule has 2 unspecified atom stereocenters. The van der Waals surface area contributed by atoms with E-state index < -0.39 is 0 Å². The fourth-order valence-corrected chi connectivity index (χ4v) is 2.77. The van der Waals surface area contributed by atoms with Gasteiger partial charge in [0.05, 0.1) is 6.10 Å². The second-order valence-corrected chi connectivity index (χ2v) is 5.03. The minimum atomic E-state index is 0.552. The van der Waals surface area contributed by atoms with Gasteiger partial charge in [0, 0.05) is 18.7 Å². The quantitative estimate of drug-likeness (QED) is 0.747. The molecule has 0 aromatic heterocycles. The van der Waals surface area contributed by atoms with Crippen molar-refractivity contribution in [3.8, 4) is 0 Å². The van der Waals surface area contributed by atoms with E-state index in [9.17, 15) is 0 Å². The number of ether oxygens (including phenoxy) is 1. The highest BCUT2D eigenvalue weighted by molar-refractivity contribution is 4.90. The van der Waals surface area contributed by atoms with Gasteiger partial charge >= 0.3 is 0 Å². The molecule has 0 aromatic rings. The van der Waals surface area contributed by atoms with Gasteiger partial charge in [-0.2, -0.15) is 0 Å². The van der Waals surface area contributed by atoms with E-state index in [0.717, 1.165) is 24.6 Å². The molecule has 2 aliphatic carbocycles. The fourth-order valence-electron chi connectivity index (χ4n) is 2.77. The maximum atomic E-state index is 5.55. The molecule has 0 bridgehead atoms. The first-order valence-electron chi connectivity index (χ1n) is 6.15. The lowest BCUT2D eigenvalue weighted by Gasteiger charge is -2.37. The summed E-state index contributed by atoms with van der Waals surface area (Å²) < 4.78 is 5.55. The maximum absolute atomic E-state index is 5.55. The zero-order valence-corrected chi connectivity index (χ0v) is 9.46. The minimum absolute atomic E-state index is 0.552. The van der Waals surface area contributed by atoms with E-state index >= 15 is 0 Å². The van der Waals surface area contributed by atoms with Gasteiger partial charge in [0.25, 0.3) is 0 Å². The van der Waals surface area contributed by atoms with Gasteiger partial charge in [-0.1, -0.05) is 6.92 Å². The van der Waals surface area contributed by atoms with E-state index in [-0.39, 0.29) is 0 Å². The fraction of sp³-hybridized carbons (Fsp3) is 1.00. The molecule has 14 heavy (non-hydrogen) atoms. The van der Waals surface area contributed by atoms with Crippen molar-refractivity contribution < 1.29 is 4.74 Å². The topological polar surface area (TPSA) is 21.3 Å². The Morgan fingerprint density at radius 3 is 2.50 bits per heavy atom. The highest BCUT2D eigenvalue weighted by atomic mass is 16.5. The molecule has 2 heteroatoms. The van der Waals surface area contributed by atoms with Crippen LogP contribution in [0.1, 0.15) is 46.0 Å². The number of rotatable bonds is 4. The average Bonchev–Trinajstić information content (AvgIpc) is 2.48.